The molecule has 0 unspecified atom stereocenters. The number of rotatable bonds is 7. The second-order valence-electron chi connectivity index (χ2n) is 8.77. The molecular formula is C26H36. The van der Waals surface area contributed by atoms with Crippen LogP contribution in [0.5, 0.6) is 0 Å². The SMILES string of the molecule is CCCCc1ccc(-c2ccc(C3CCC(CC(C)C)CC3)cc2)cc1. The van der Waals surface area contributed by atoms with Crippen molar-refractivity contribution >= 4 is 0 Å². The summed E-state index contributed by atoms with van der Waals surface area (Å²) in [6.45, 7) is 6.98. The summed E-state index contributed by atoms with van der Waals surface area (Å²) in [5.74, 6) is 2.60. The van der Waals surface area contributed by atoms with E-state index < -0.39 is 0 Å². The van der Waals surface area contributed by atoms with Gasteiger partial charge in [0.05, 0.1) is 0 Å². The summed E-state index contributed by atoms with van der Waals surface area (Å²) >= 11 is 0. The van der Waals surface area contributed by atoms with E-state index in [4.69, 9.17) is 0 Å². The van der Waals surface area contributed by atoms with Gasteiger partial charge >= 0.3 is 0 Å². The fourth-order valence-corrected chi connectivity index (χ4v) is 4.59. The molecule has 0 aromatic heterocycles. The van der Waals surface area contributed by atoms with Gasteiger partial charge in [-0.1, -0.05) is 75.7 Å². The second kappa shape index (κ2) is 9.40. The minimum absolute atomic E-state index is 0.781. The summed E-state index contributed by atoms with van der Waals surface area (Å²) in [6.07, 6.45) is 10.8. The quantitative estimate of drug-likeness (QED) is 0.475. The summed E-state index contributed by atoms with van der Waals surface area (Å²) in [5.41, 5.74) is 5.71. The Morgan fingerprint density at radius 1 is 0.808 bits per heavy atom. The lowest BCUT2D eigenvalue weighted by atomic mass is 9.76. The van der Waals surface area contributed by atoms with E-state index in [-0.39, 0.29) is 0 Å². The third-order valence-corrected chi connectivity index (χ3v) is 6.14. The maximum atomic E-state index is 2.38. The van der Waals surface area contributed by atoms with Gasteiger partial charge in [0.1, 0.15) is 0 Å². The summed E-state index contributed by atoms with van der Waals surface area (Å²) in [4.78, 5) is 0. The van der Waals surface area contributed by atoms with Crippen LogP contribution in [0.3, 0.4) is 0 Å². The molecule has 0 amide bonds. The van der Waals surface area contributed by atoms with Crippen molar-refractivity contribution in [1.29, 1.82) is 0 Å². The molecule has 0 radical (unpaired) electrons. The molecule has 0 spiro atoms. The first kappa shape index (κ1) is 19.2. The maximum absolute atomic E-state index is 2.38. The number of hydrogen-bond acceptors (Lipinski definition) is 0. The van der Waals surface area contributed by atoms with Crippen molar-refractivity contribution in [3.05, 3.63) is 59.7 Å². The monoisotopic (exact) mass is 348 g/mol. The van der Waals surface area contributed by atoms with E-state index >= 15 is 0 Å². The van der Waals surface area contributed by atoms with Crippen molar-refractivity contribution in [3.8, 4) is 11.1 Å². The molecule has 0 heterocycles. The third-order valence-electron chi connectivity index (χ3n) is 6.14. The molecule has 1 fully saturated rings. The van der Waals surface area contributed by atoms with Gasteiger partial charge in [-0.05, 0) is 85.0 Å². The lowest BCUT2D eigenvalue weighted by Gasteiger charge is -2.29. The zero-order chi connectivity index (χ0) is 18.4. The van der Waals surface area contributed by atoms with Crippen molar-refractivity contribution in [3.63, 3.8) is 0 Å². The van der Waals surface area contributed by atoms with Crippen molar-refractivity contribution in [1.82, 2.24) is 0 Å². The molecule has 0 atom stereocenters. The van der Waals surface area contributed by atoms with Crippen LogP contribution in [-0.4, -0.2) is 0 Å². The second-order valence-corrected chi connectivity index (χ2v) is 8.77. The standard InChI is InChI=1S/C26H36/c1-4-5-6-21-7-11-23(12-8-21)25-15-17-26(18-16-25)24-13-9-22(10-14-24)19-20(2)3/h7-8,11-12,15-18,20,22,24H,4-6,9-10,13-14,19H2,1-3H3. The number of aryl methyl sites for hydroxylation is 1. The summed E-state index contributed by atoms with van der Waals surface area (Å²) in [5, 5.41) is 0. The Hall–Kier alpha value is -1.56. The average Bonchev–Trinajstić information content (AvgIpc) is 2.67. The largest absolute Gasteiger partial charge is 0.0654 e. The highest BCUT2D eigenvalue weighted by Gasteiger charge is 2.22. The van der Waals surface area contributed by atoms with Gasteiger partial charge in [-0.15, -0.1) is 0 Å². The van der Waals surface area contributed by atoms with Crippen LogP contribution >= 0.6 is 0 Å². The Labute approximate surface area is 161 Å². The van der Waals surface area contributed by atoms with Crippen molar-refractivity contribution in [2.24, 2.45) is 11.8 Å². The van der Waals surface area contributed by atoms with Crippen LogP contribution in [0, 0.1) is 11.8 Å². The first-order chi connectivity index (χ1) is 12.7. The van der Waals surface area contributed by atoms with Crippen molar-refractivity contribution in [2.75, 3.05) is 0 Å². The van der Waals surface area contributed by atoms with Crippen LogP contribution in [0.15, 0.2) is 48.5 Å². The van der Waals surface area contributed by atoms with Gasteiger partial charge < -0.3 is 0 Å². The van der Waals surface area contributed by atoms with E-state index in [9.17, 15) is 0 Å². The zero-order valence-electron chi connectivity index (χ0n) is 17.0. The maximum Gasteiger partial charge on any atom is -0.0162 e. The van der Waals surface area contributed by atoms with Gasteiger partial charge in [0, 0.05) is 0 Å². The normalized spacial score (nSPS) is 20.5. The third kappa shape index (κ3) is 5.22. The lowest BCUT2D eigenvalue weighted by molar-refractivity contribution is 0.283. The Kier molecular flexibility index (Phi) is 6.94. The first-order valence-electron chi connectivity index (χ1n) is 10.8. The molecule has 1 saturated carbocycles. The van der Waals surface area contributed by atoms with Gasteiger partial charge in [0.2, 0.25) is 0 Å². The van der Waals surface area contributed by atoms with Crippen LogP contribution in [0.2, 0.25) is 0 Å². The fourth-order valence-electron chi connectivity index (χ4n) is 4.59. The Bertz CT molecular complexity index is 639. The van der Waals surface area contributed by atoms with Crippen LogP contribution < -0.4 is 0 Å². The molecule has 26 heavy (non-hydrogen) atoms. The van der Waals surface area contributed by atoms with E-state index in [1.165, 1.54) is 68.1 Å². The molecule has 0 aliphatic heterocycles. The molecule has 2 aromatic carbocycles. The van der Waals surface area contributed by atoms with E-state index in [0.29, 0.717) is 0 Å². The molecule has 0 saturated heterocycles. The molecule has 140 valence electrons. The Morgan fingerprint density at radius 2 is 1.38 bits per heavy atom. The van der Waals surface area contributed by atoms with Gasteiger partial charge in [-0.2, -0.15) is 0 Å². The number of hydrogen-bond donors (Lipinski definition) is 0. The van der Waals surface area contributed by atoms with Crippen LogP contribution in [0.25, 0.3) is 11.1 Å². The zero-order valence-corrected chi connectivity index (χ0v) is 17.0. The van der Waals surface area contributed by atoms with Crippen LogP contribution in [-0.2, 0) is 6.42 Å². The minimum Gasteiger partial charge on any atom is -0.0654 e. The van der Waals surface area contributed by atoms with Crippen LogP contribution in [0.4, 0.5) is 0 Å². The Morgan fingerprint density at radius 3 is 1.92 bits per heavy atom. The molecule has 3 rings (SSSR count). The van der Waals surface area contributed by atoms with E-state index in [2.05, 4.69) is 69.3 Å². The average molecular weight is 349 g/mol. The van der Waals surface area contributed by atoms with Gasteiger partial charge in [-0.3, -0.25) is 0 Å². The molecule has 0 nitrogen and oxygen atoms in total. The van der Waals surface area contributed by atoms with E-state index in [0.717, 1.165) is 17.8 Å². The highest BCUT2D eigenvalue weighted by Crippen LogP contribution is 2.38. The van der Waals surface area contributed by atoms with Gasteiger partial charge in [0.15, 0.2) is 0 Å². The fraction of sp³-hybridized carbons (Fsp3) is 0.538. The summed E-state index contributed by atoms with van der Waals surface area (Å²) in [7, 11) is 0. The van der Waals surface area contributed by atoms with Gasteiger partial charge in [-0.25, -0.2) is 0 Å². The topological polar surface area (TPSA) is 0 Å². The molecular weight excluding hydrogens is 312 g/mol. The summed E-state index contributed by atoms with van der Waals surface area (Å²) in [6, 6.07) is 18.6. The van der Waals surface area contributed by atoms with Crippen molar-refractivity contribution in [2.45, 2.75) is 78.1 Å². The van der Waals surface area contributed by atoms with Crippen LogP contribution in [0.1, 0.15) is 82.8 Å². The predicted molar refractivity (Wildman–Crippen MR) is 115 cm³/mol. The van der Waals surface area contributed by atoms with E-state index in [1.807, 2.05) is 0 Å². The number of benzene rings is 2. The minimum atomic E-state index is 0.781. The molecule has 1 aliphatic rings. The smallest absolute Gasteiger partial charge is 0.0162 e. The molecule has 0 heteroatoms. The first-order valence-corrected chi connectivity index (χ1v) is 10.8. The van der Waals surface area contributed by atoms with Crippen molar-refractivity contribution < 1.29 is 0 Å². The molecule has 1 aliphatic carbocycles. The highest BCUT2D eigenvalue weighted by atomic mass is 14.3. The highest BCUT2D eigenvalue weighted by molar-refractivity contribution is 5.64. The van der Waals surface area contributed by atoms with E-state index in [1.54, 1.807) is 5.56 Å². The van der Waals surface area contributed by atoms with Gasteiger partial charge in [0.25, 0.3) is 0 Å². The Balaban J connectivity index is 1.58. The number of unbranched alkanes of at least 4 members (excludes halogenated alkanes) is 1. The molecule has 0 bridgehead atoms. The lowest BCUT2D eigenvalue weighted by Crippen LogP contribution is -2.14. The predicted octanol–water partition coefficient (Wildman–Crippen LogP) is 8.02. The summed E-state index contributed by atoms with van der Waals surface area (Å²) < 4.78 is 0. The molecule has 2 aromatic rings. The molecule has 0 N–H and O–H groups in total.